The maximum atomic E-state index is 5.31. The van der Waals surface area contributed by atoms with Crippen molar-refractivity contribution in [1.29, 1.82) is 0 Å². The van der Waals surface area contributed by atoms with E-state index in [4.69, 9.17) is 14.5 Å². The first-order valence-corrected chi connectivity index (χ1v) is 11.5. The lowest BCUT2D eigenvalue weighted by atomic mass is 10.1. The van der Waals surface area contributed by atoms with Crippen LogP contribution in [0.15, 0.2) is 71.7 Å². The van der Waals surface area contributed by atoms with Gasteiger partial charge in [-0.1, -0.05) is 53.7 Å². The molecule has 0 saturated heterocycles. The maximum Gasteiger partial charge on any atom is 0.164 e. The van der Waals surface area contributed by atoms with Crippen molar-refractivity contribution >= 4 is 46.6 Å². The van der Waals surface area contributed by atoms with E-state index in [1.54, 1.807) is 26.0 Å². The van der Waals surface area contributed by atoms with Gasteiger partial charge < -0.3 is 14.4 Å². The van der Waals surface area contributed by atoms with Gasteiger partial charge in [0.1, 0.15) is 11.5 Å². The third kappa shape index (κ3) is 7.17. The highest BCUT2D eigenvalue weighted by Gasteiger charge is 2.14. The Labute approximate surface area is 213 Å². The van der Waals surface area contributed by atoms with Gasteiger partial charge in [-0.05, 0) is 67.1 Å². The summed E-state index contributed by atoms with van der Waals surface area (Å²) in [5.74, 6) is 1.72. The van der Waals surface area contributed by atoms with E-state index in [-0.39, 0.29) is 24.0 Å². The predicted octanol–water partition coefficient (Wildman–Crippen LogP) is 6.99. The second-order valence-corrected chi connectivity index (χ2v) is 8.21. The van der Waals surface area contributed by atoms with Crippen LogP contribution >= 0.6 is 35.7 Å². The van der Waals surface area contributed by atoms with Crippen molar-refractivity contribution in [3.05, 3.63) is 89.0 Å². The van der Waals surface area contributed by atoms with Gasteiger partial charge in [-0.3, -0.25) is 0 Å². The molecule has 0 aromatic heterocycles. The van der Waals surface area contributed by atoms with Crippen LogP contribution in [0.3, 0.4) is 0 Å². The fraction of sp³-hybridized carbons (Fsp3) is 0.269. The maximum absolute atomic E-state index is 5.31. The molecule has 6 heteroatoms. The third-order valence-corrected chi connectivity index (χ3v) is 5.80. The van der Waals surface area contributed by atoms with Gasteiger partial charge in [-0.2, -0.15) is 0 Å². The zero-order valence-electron chi connectivity index (χ0n) is 19.3. The van der Waals surface area contributed by atoms with Crippen LogP contribution in [0.1, 0.15) is 22.3 Å². The monoisotopic (exact) mass is 562 g/mol. The smallest absolute Gasteiger partial charge is 0.164 e. The summed E-state index contributed by atoms with van der Waals surface area (Å²) in [6.45, 7) is 5.72. The normalized spacial score (nSPS) is 11.0. The number of nitrogens with zero attached hydrogens (tertiary/aromatic N) is 2. The van der Waals surface area contributed by atoms with E-state index in [0.29, 0.717) is 0 Å². The molecule has 0 heterocycles. The van der Waals surface area contributed by atoms with Crippen molar-refractivity contribution in [2.24, 2.45) is 4.99 Å². The summed E-state index contributed by atoms with van der Waals surface area (Å²) < 4.78 is 10.6. The van der Waals surface area contributed by atoms with Crippen molar-refractivity contribution in [1.82, 2.24) is 4.90 Å². The average Bonchev–Trinajstić information content (AvgIpc) is 2.79. The predicted molar refractivity (Wildman–Crippen MR) is 147 cm³/mol. The SMILES string of the molecule is COc1ccc(CN(Cc2ccc(OC)cc2)C(=Nc2ccc(C)cc2C)SC)cc1.I. The lowest BCUT2D eigenvalue weighted by Gasteiger charge is -2.26. The van der Waals surface area contributed by atoms with Gasteiger partial charge in [0.2, 0.25) is 0 Å². The molecule has 0 spiro atoms. The molecule has 0 aliphatic rings. The van der Waals surface area contributed by atoms with Gasteiger partial charge in [-0.15, -0.1) is 24.0 Å². The van der Waals surface area contributed by atoms with Gasteiger partial charge in [-0.25, -0.2) is 4.99 Å². The number of amidine groups is 1. The van der Waals surface area contributed by atoms with Crippen LogP contribution < -0.4 is 9.47 Å². The zero-order chi connectivity index (χ0) is 22.2. The highest BCUT2D eigenvalue weighted by molar-refractivity contribution is 14.0. The standard InChI is InChI=1S/C26H30N2O2S.HI/c1-19-6-15-25(20(2)16-19)27-26(31-5)28(17-21-7-11-23(29-3)12-8-21)18-22-9-13-24(30-4)14-10-22;/h6-16H,17-18H2,1-5H3;1H. The van der Waals surface area contributed by atoms with Crippen LogP contribution in [0.5, 0.6) is 11.5 Å². The molecule has 0 amide bonds. The first-order chi connectivity index (χ1) is 15.0. The number of thioether (sulfide) groups is 1. The minimum Gasteiger partial charge on any atom is -0.497 e. The van der Waals surface area contributed by atoms with Crippen LogP contribution in [0.4, 0.5) is 5.69 Å². The minimum absolute atomic E-state index is 0. The Morgan fingerprint density at radius 1 is 0.812 bits per heavy atom. The molecule has 0 N–H and O–H groups in total. The van der Waals surface area contributed by atoms with Crippen LogP contribution in [0, 0.1) is 13.8 Å². The summed E-state index contributed by atoms with van der Waals surface area (Å²) >= 11 is 1.67. The number of hydrogen-bond acceptors (Lipinski definition) is 4. The Hall–Kier alpha value is -2.19. The molecule has 0 saturated carbocycles. The van der Waals surface area contributed by atoms with Crippen molar-refractivity contribution in [3.63, 3.8) is 0 Å². The van der Waals surface area contributed by atoms with E-state index in [1.807, 2.05) is 24.3 Å². The molecule has 0 aliphatic carbocycles. The van der Waals surface area contributed by atoms with Crippen LogP contribution in [0.25, 0.3) is 0 Å². The summed E-state index contributed by atoms with van der Waals surface area (Å²) in [6.07, 6.45) is 2.08. The topological polar surface area (TPSA) is 34.1 Å². The third-order valence-electron chi connectivity index (χ3n) is 5.09. The molecule has 3 aromatic carbocycles. The van der Waals surface area contributed by atoms with Crippen LogP contribution in [-0.2, 0) is 13.1 Å². The van der Waals surface area contributed by atoms with Gasteiger partial charge in [0.15, 0.2) is 5.17 Å². The van der Waals surface area contributed by atoms with E-state index < -0.39 is 0 Å². The zero-order valence-corrected chi connectivity index (χ0v) is 22.4. The lowest BCUT2D eigenvalue weighted by molar-refractivity contribution is 0.405. The van der Waals surface area contributed by atoms with E-state index in [9.17, 15) is 0 Å². The fourth-order valence-corrected chi connectivity index (χ4v) is 3.95. The first-order valence-electron chi connectivity index (χ1n) is 10.2. The molecule has 0 fully saturated rings. The quantitative estimate of drug-likeness (QED) is 0.177. The molecule has 3 aromatic rings. The molecule has 3 rings (SSSR count). The second-order valence-electron chi connectivity index (χ2n) is 7.44. The fourth-order valence-electron chi connectivity index (χ4n) is 3.37. The number of benzene rings is 3. The van der Waals surface area contributed by atoms with E-state index in [2.05, 4.69) is 67.5 Å². The summed E-state index contributed by atoms with van der Waals surface area (Å²) in [5.41, 5.74) is 5.84. The minimum atomic E-state index is 0. The number of hydrogen-bond donors (Lipinski definition) is 0. The average molecular weight is 563 g/mol. The Morgan fingerprint density at radius 2 is 1.31 bits per heavy atom. The lowest BCUT2D eigenvalue weighted by Crippen LogP contribution is -2.27. The van der Waals surface area contributed by atoms with E-state index >= 15 is 0 Å². The van der Waals surface area contributed by atoms with E-state index in [1.165, 1.54) is 22.3 Å². The molecular weight excluding hydrogens is 531 g/mol. The van der Waals surface area contributed by atoms with Gasteiger partial charge in [0, 0.05) is 13.1 Å². The van der Waals surface area contributed by atoms with E-state index in [0.717, 1.165) is 35.4 Å². The van der Waals surface area contributed by atoms with Crippen molar-refractivity contribution < 1.29 is 9.47 Å². The van der Waals surface area contributed by atoms with Gasteiger partial charge >= 0.3 is 0 Å². The largest absolute Gasteiger partial charge is 0.497 e. The summed E-state index contributed by atoms with van der Waals surface area (Å²) in [5, 5.41) is 0.985. The molecule has 4 nitrogen and oxygen atoms in total. The Balaban J connectivity index is 0.00000363. The van der Waals surface area contributed by atoms with Crippen LogP contribution in [0.2, 0.25) is 0 Å². The number of aryl methyl sites for hydroxylation is 2. The Bertz CT molecular complexity index is 972. The van der Waals surface area contributed by atoms with Gasteiger partial charge in [0.05, 0.1) is 19.9 Å². The highest BCUT2D eigenvalue weighted by Crippen LogP contribution is 2.25. The Morgan fingerprint density at radius 3 is 1.72 bits per heavy atom. The van der Waals surface area contributed by atoms with Crippen molar-refractivity contribution in [2.75, 3.05) is 20.5 Å². The summed E-state index contributed by atoms with van der Waals surface area (Å²) in [6, 6.07) is 22.8. The summed E-state index contributed by atoms with van der Waals surface area (Å²) in [7, 11) is 3.38. The number of ether oxygens (including phenoxy) is 2. The number of methoxy groups -OCH3 is 2. The van der Waals surface area contributed by atoms with Gasteiger partial charge in [0.25, 0.3) is 0 Å². The number of aliphatic imine (C=N–C) groups is 1. The molecule has 0 bridgehead atoms. The highest BCUT2D eigenvalue weighted by atomic mass is 127. The molecule has 0 aliphatic heterocycles. The molecule has 170 valence electrons. The number of halogens is 1. The second kappa shape index (κ2) is 12.7. The van der Waals surface area contributed by atoms with Crippen molar-refractivity contribution in [2.45, 2.75) is 26.9 Å². The Kier molecular flexibility index (Phi) is 10.4. The first kappa shape index (κ1) is 26.1. The van der Waals surface area contributed by atoms with Crippen LogP contribution in [-0.4, -0.2) is 30.5 Å². The molecule has 0 radical (unpaired) electrons. The molecular formula is C26H31IN2O2S. The molecule has 32 heavy (non-hydrogen) atoms. The summed E-state index contributed by atoms with van der Waals surface area (Å²) in [4.78, 5) is 7.35. The molecule has 0 atom stereocenters. The molecule has 0 unspecified atom stereocenters. The van der Waals surface area contributed by atoms with Crippen molar-refractivity contribution in [3.8, 4) is 11.5 Å². The number of rotatable bonds is 7.